The fourth-order valence-corrected chi connectivity index (χ4v) is 4.21. The summed E-state index contributed by atoms with van der Waals surface area (Å²) in [5.41, 5.74) is 4.90. The summed E-state index contributed by atoms with van der Waals surface area (Å²) in [6.45, 7) is 2.94. The summed E-state index contributed by atoms with van der Waals surface area (Å²) in [4.78, 5) is 12.2. The van der Waals surface area contributed by atoms with Crippen LogP contribution in [0.4, 0.5) is 5.69 Å². The molecule has 1 heterocycles. The Morgan fingerprint density at radius 2 is 1.97 bits per heavy atom. The van der Waals surface area contributed by atoms with Crippen LogP contribution in [-0.4, -0.2) is 32.1 Å². The van der Waals surface area contributed by atoms with Crippen LogP contribution in [0.3, 0.4) is 0 Å². The number of amides is 1. The summed E-state index contributed by atoms with van der Waals surface area (Å²) in [6.07, 6.45) is 1.56. The van der Waals surface area contributed by atoms with Gasteiger partial charge in [-0.2, -0.15) is 5.10 Å². The maximum Gasteiger partial charge on any atom is 0.259 e. The number of nitrogens with one attached hydrogen (secondary N) is 2. The molecule has 1 amide bonds. The van der Waals surface area contributed by atoms with Gasteiger partial charge < -0.3 is 24.3 Å². The Hall–Kier alpha value is -3.18. The molecule has 10 heteroatoms. The van der Waals surface area contributed by atoms with E-state index in [2.05, 4.69) is 38.4 Å². The third-order valence-electron chi connectivity index (χ3n) is 4.89. The van der Waals surface area contributed by atoms with Crippen molar-refractivity contribution in [1.82, 2.24) is 5.43 Å². The smallest absolute Gasteiger partial charge is 0.259 e. The van der Waals surface area contributed by atoms with Crippen LogP contribution in [0, 0.1) is 3.57 Å². The van der Waals surface area contributed by atoms with Gasteiger partial charge in [-0.3, -0.25) is 4.79 Å². The van der Waals surface area contributed by atoms with E-state index in [4.69, 9.17) is 30.5 Å². The second kappa shape index (κ2) is 12.0. The summed E-state index contributed by atoms with van der Waals surface area (Å²) in [5.74, 6) is 2.25. The van der Waals surface area contributed by atoms with Gasteiger partial charge in [0.1, 0.15) is 6.61 Å². The second-order valence-electron chi connectivity index (χ2n) is 7.36. The molecule has 0 radical (unpaired) electrons. The molecule has 0 fully saturated rings. The molecule has 3 aromatic rings. The van der Waals surface area contributed by atoms with E-state index in [-0.39, 0.29) is 19.2 Å². The highest BCUT2D eigenvalue weighted by Crippen LogP contribution is 2.35. The topological polar surface area (TPSA) is 90.4 Å². The zero-order valence-corrected chi connectivity index (χ0v) is 21.8. The standard InChI is InChI=1S/C25H23ClIN3O5/c1-2-32-23-10-16(9-20(27)25(23)33-14-17-5-3-4-6-19(17)26)12-29-30-24(31)13-28-18-7-8-21-22(11-18)35-15-34-21/h3-12,28H,2,13-15H2,1H3,(H,30,31)/b29-12-. The number of ether oxygens (including phenoxy) is 4. The summed E-state index contributed by atoms with van der Waals surface area (Å²) < 4.78 is 23.3. The van der Waals surface area contributed by atoms with Crippen molar-refractivity contribution in [3.8, 4) is 23.0 Å². The Kier molecular flexibility index (Phi) is 8.54. The second-order valence-corrected chi connectivity index (χ2v) is 8.93. The van der Waals surface area contributed by atoms with Crippen molar-refractivity contribution in [2.45, 2.75) is 13.5 Å². The number of hydrogen-bond acceptors (Lipinski definition) is 7. The Bertz CT molecular complexity index is 1240. The molecule has 1 aliphatic rings. The first-order chi connectivity index (χ1) is 17.0. The predicted molar refractivity (Wildman–Crippen MR) is 143 cm³/mol. The van der Waals surface area contributed by atoms with Crippen molar-refractivity contribution < 1.29 is 23.7 Å². The van der Waals surface area contributed by atoms with Gasteiger partial charge in [-0.05, 0) is 65.4 Å². The molecule has 0 saturated heterocycles. The number of fused-ring (bicyclic) bond motifs is 1. The van der Waals surface area contributed by atoms with Gasteiger partial charge in [0, 0.05) is 22.3 Å². The molecule has 0 aliphatic carbocycles. The van der Waals surface area contributed by atoms with Gasteiger partial charge >= 0.3 is 0 Å². The van der Waals surface area contributed by atoms with Crippen molar-refractivity contribution in [2.75, 3.05) is 25.3 Å². The summed E-state index contributed by atoms with van der Waals surface area (Å²) in [6, 6.07) is 16.6. The summed E-state index contributed by atoms with van der Waals surface area (Å²) in [7, 11) is 0. The first-order valence-electron chi connectivity index (χ1n) is 10.8. The van der Waals surface area contributed by atoms with E-state index in [1.54, 1.807) is 18.3 Å². The molecular formula is C25H23ClIN3O5. The number of anilines is 1. The molecule has 8 nitrogen and oxygen atoms in total. The number of benzene rings is 3. The Morgan fingerprint density at radius 1 is 1.14 bits per heavy atom. The molecular weight excluding hydrogens is 585 g/mol. The van der Waals surface area contributed by atoms with Gasteiger partial charge in [-0.15, -0.1) is 0 Å². The Balaban J connectivity index is 1.35. The number of carbonyl (C=O) groups excluding carboxylic acids is 1. The van der Waals surface area contributed by atoms with Crippen molar-refractivity contribution >= 4 is 52.0 Å². The minimum atomic E-state index is -0.293. The summed E-state index contributed by atoms with van der Waals surface area (Å²) in [5, 5.41) is 7.74. The van der Waals surface area contributed by atoms with E-state index in [0.717, 1.165) is 20.4 Å². The van der Waals surface area contributed by atoms with Crippen LogP contribution >= 0.6 is 34.2 Å². The summed E-state index contributed by atoms with van der Waals surface area (Å²) >= 11 is 8.42. The molecule has 0 unspecified atom stereocenters. The minimum absolute atomic E-state index is 0.0491. The van der Waals surface area contributed by atoms with Crippen LogP contribution in [-0.2, 0) is 11.4 Å². The first kappa shape index (κ1) is 24.9. The van der Waals surface area contributed by atoms with Crippen molar-refractivity contribution in [3.05, 3.63) is 74.3 Å². The lowest BCUT2D eigenvalue weighted by molar-refractivity contribution is -0.119. The number of hydrogen-bond donors (Lipinski definition) is 2. The number of carbonyl (C=O) groups is 1. The van der Waals surface area contributed by atoms with E-state index in [1.807, 2.05) is 49.4 Å². The van der Waals surface area contributed by atoms with Crippen molar-refractivity contribution in [2.24, 2.45) is 5.10 Å². The van der Waals surface area contributed by atoms with Crippen LogP contribution in [0.5, 0.6) is 23.0 Å². The average Bonchev–Trinajstić information content (AvgIpc) is 3.31. The molecule has 182 valence electrons. The highest BCUT2D eigenvalue weighted by molar-refractivity contribution is 14.1. The Labute approximate surface area is 221 Å². The van der Waals surface area contributed by atoms with Crippen LogP contribution in [0.15, 0.2) is 59.7 Å². The molecule has 4 rings (SSSR count). The van der Waals surface area contributed by atoms with Gasteiger partial charge in [0.15, 0.2) is 23.0 Å². The van der Waals surface area contributed by atoms with Crippen LogP contribution < -0.4 is 29.7 Å². The highest BCUT2D eigenvalue weighted by atomic mass is 127. The third-order valence-corrected chi connectivity index (χ3v) is 6.06. The van der Waals surface area contributed by atoms with E-state index in [0.29, 0.717) is 41.2 Å². The zero-order chi connectivity index (χ0) is 24.6. The highest BCUT2D eigenvalue weighted by Gasteiger charge is 2.14. The maximum atomic E-state index is 12.2. The maximum absolute atomic E-state index is 12.2. The van der Waals surface area contributed by atoms with Crippen molar-refractivity contribution in [1.29, 1.82) is 0 Å². The monoisotopic (exact) mass is 607 g/mol. The molecule has 0 aromatic heterocycles. The molecule has 0 atom stereocenters. The van der Waals surface area contributed by atoms with Gasteiger partial charge in [-0.1, -0.05) is 29.8 Å². The van der Waals surface area contributed by atoms with Gasteiger partial charge in [-0.25, -0.2) is 5.43 Å². The lowest BCUT2D eigenvalue weighted by atomic mass is 10.2. The average molecular weight is 608 g/mol. The number of nitrogens with zero attached hydrogens (tertiary/aromatic N) is 1. The quantitative estimate of drug-likeness (QED) is 0.187. The largest absolute Gasteiger partial charge is 0.490 e. The van der Waals surface area contributed by atoms with E-state index < -0.39 is 0 Å². The third kappa shape index (κ3) is 6.70. The predicted octanol–water partition coefficient (Wildman–Crippen LogP) is 5.21. The Morgan fingerprint density at radius 3 is 2.80 bits per heavy atom. The molecule has 35 heavy (non-hydrogen) atoms. The van der Waals surface area contributed by atoms with Crippen LogP contribution in [0.1, 0.15) is 18.1 Å². The first-order valence-corrected chi connectivity index (χ1v) is 12.3. The van der Waals surface area contributed by atoms with E-state index >= 15 is 0 Å². The zero-order valence-electron chi connectivity index (χ0n) is 18.8. The SMILES string of the molecule is CCOc1cc(/C=N\NC(=O)CNc2ccc3c(c2)OCO3)cc(I)c1OCc1ccccc1Cl. The number of hydrazone groups is 1. The lowest BCUT2D eigenvalue weighted by Gasteiger charge is -2.15. The molecule has 2 N–H and O–H groups in total. The van der Waals surface area contributed by atoms with Gasteiger partial charge in [0.25, 0.3) is 5.91 Å². The molecule has 0 saturated carbocycles. The minimum Gasteiger partial charge on any atom is -0.490 e. The molecule has 3 aromatic carbocycles. The fraction of sp³-hybridized carbons (Fsp3) is 0.200. The van der Waals surface area contributed by atoms with Gasteiger partial charge in [0.05, 0.1) is 22.9 Å². The van der Waals surface area contributed by atoms with Gasteiger partial charge in [0.2, 0.25) is 6.79 Å². The van der Waals surface area contributed by atoms with E-state index in [9.17, 15) is 4.79 Å². The lowest BCUT2D eigenvalue weighted by Crippen LogP contribution is -2.25. The number of rotatable bonds is 10. The molecule has 0 spiro atoms. The molecule has 1 aliphatic heterocycles. The van der Waals surface area contributed by atoms with Crippen molar-refractivity contribution in [3.63, 3.8) is 0 Å². The van der Waals surface area contributed by atoms with Crippen LogP contribution in [0.2, 0.25) is 5.02 Å². The fourth-order valence-electron chi connectivity index (χ4n) is 3.24. The van der Waals surface area contributed by atoms with E-state index in [1.165, 1.54) is 0 Å². The normalized spacial score (nSPS) is 12.0. The van der Waals surface area contributed by atoms with Crippen LogP contribution in [0.25, 0.3) is 0 Å². The number of halogens is 2. The molecule has 0 bridgehead atoms.